The van der Waals surface area contributed by atoms with Gasteiger partial charge in [-0.3, -0.25) is 4.79 Å². The molecule has 1 atom stereocenters. The zero-order valence-corrected chi connectivity index (χ0v) is 15.7. The molecule has 0 bridgehead atoms. The maximum atomic E-state index is 12.6. The summed E-state index contributed by atoms with van der Waals surface area (Å²) in [4.78, 5) is 14.9. The second kappa shape index (κ2) is 8.75. The lowest BCUT2D eigenvalue weighted by Crippen LogP contribution is -2.32. The molecule has 0 aliphatic carbocycles. The predicted octanol–water partition coefficient (Wildman–Crippen LogP) is 4.65. The largest absolute Gasteiger partial charge is 0.481 e. The van der Waals surface area contributed by atoms with Gasteiger partial charge in [0.05, 0.1) is 0 Å². The van der Waals surface area contributed by atoms with Crippen LogP contribution in [-0.2, 0) is 11.2 Å². The molecule has 138 valence electrons. The van der Waals surface area contributed by atoms with Gasteiger partial charge in [0.25, 0.3) is 5.91 Å². The topological polar surface area (TPSA) is 41.6 Å². The third-order valence-corrected chi connectivity index (χ3v) is 4.88. The Morgan fingerprint density at radius 3 is 2.27 bits per heavy atom. The minimum absolute atomic E-state index is 0.110. The number of nitrogens with zero attached hydrogens (tertiary/aromatic N) is 1. The maximum Gasteiger partial charge on any atom is 0.265 e. The highest BCUT2D eigenvalue weighted by molar-refractivity contribution is 5.94. The van der Waals surface area contributed by atoms with Crippen LogP contribution >= 0.6 is 0 Å². The van der Waals surface area contributed by atoms with Crippen LogP contribution in [0.3, 0.4) is 0 Å². The van der Waals surface area contributed by atoms with Gasteiger partial charge in [0.2, 0.25) is 0 Å². The Bertz CT molecular complexity index is 704. The summed E-state index contributed by atoms with van der Waals surface area (Å²) in [6.07, 6.45) is 3.62. The zero-order chi connectivity index (χ0) is 18.4. The number of carbonyl (C=O) groups excluding carboxylic acids is 1. The number of benzene rings is 2. The van der Waals surface area contributed by atoms with E-state index in [9.17, 15) is 4.79 Å². The van der Waals surface area contributed by atoms with E-state index in [1.165, 1.54) is 24.1 Å². The molecule has 26 heavy (non-hydrogen) atoms. The summed E-state index contributed by atoms with van der Waals surface area (Å²) >= 11 is 0. The summed E-state index contributed by atoms with van der Waals surface area (Å²) in [5.41, 5.74) is 3.29. The van der Waals surface area contributed by atoms with Gasteiger partial charge >= 0.3 is 0 Å². The van der Waals surface area contributed by atoms with Crippen molar-refractivity contribution in [2.45, 2.75) is 45.6 Å². The molecule has 2 aromatic carbocycles. The summed E-state index contributed by atoms with van der Waals surface area (Å²) < 4.78 is 5.88. The summed E-state index contributed by atoms with van der Waals surface area (Å²) in [5.74, 6) is 0.620. The molecule has 1 fully saturated rings. The van der Waals surface area contributed by atoms with Gasteiger partial charge < -0.3 is 15.0 Å². The van der Waals surface area contributed by atoms with Gasteiger partial charge in [-0.05, 0) is 67.6 Å². The monoisotopic (exact) mass is 352 g/mol. The van der Waals surface area contributed by atoms with Crippen molar-refractivity contribution < 1.29 is 9.53 Å². The van der Waals surface area contributed by atoms with E-state index in [0.29, 0.717) is 6.42 Å². The highest BCUT2D eigenvalue weighted by Crippen LogP contribution is 2.22. The van der Waals surface area contributed by atoms with Crippen LogP contribution in [0.4, 0.5) is 11.4 Å². The highest BCUT2D eigenvalue weighted by atomic mass is 16.5. The first-order valence-electron chi connectivity index (χ1n) is 9.61. The fraction of sp³-hybridized carbons (Fsp3) is 0.409. The molecular formula is C22H28N2O2. The van der Waals surface area contributed by atoms with Crippen LogP contribution in [-0.4, -0.2) is 25.1 Å². The van der Waals surface area contributed by atoms with Crippen molar-refractivity contribution in [2.75, 3.05) is 23.3 Å². The van der Waals surface area contributed by atoms with Crippen LogP contribution in [0.25, 0.3) is 0 Å². The van der Waals surface area contributed by atoms with Crippen molar-refractivity contribution in [3.63, 3.8) is 0 Å². The van der Waals surface area contributed by atoms with Crippen molar-refractivity contribution in [3.8, 4) is 5.75 Å². The third-order valence-electron chi connectivity index (χ3n) is 4.88. The standard InChI is InChI=1S/C22H28N2O2/c1-3-17-7-13-20(14-8-17)26-21(4-2)22(25)23-18-9-11-19(12-10-18)24-15-5-6-16-24/h7-14,21H,3-6,15-16H2,1-2H3,(H,23,25)/t21-/m1/s1. The fourth-order valence-electron chi connectivity index (χ4n) is 3.24. The third kappa shape index (κ3) is 4.57. The van der Waals surface area contributed by atoms with Gasteiger partial charge in [-0.2, -0.15) is 0 Å². The van der Waals surface area contributed by atoms with Crippen LogP contribution in [0.5, 0.6) is 5.75 Å². The number of anilines is 2. The average molecular weight is 352 g/mol. The maximum absolute atomic E-state index is 12.6. The molecule has 1 aliphatic rings. The summed E-state index contributed by atoms with van der Waals surface area (Å²) in [5, 5.41) is 2.97. The number of carbonyl (C=O) groups is 1. The molecule has 0 saturated carbocycles. The van der Waals surface area contributed by atoms with Crippen LogP contribution in [0.2, 0.25) is 0 Å². The first-order chi connectivity index (χ1) is 12.7. The molecule has 1 amide bonds. The molecular weight excluding hydrogens is 324 g/mol. The first kappa shape index (κ1) is 18.3. The van der Waals surface area contributed by atoms with E-state index < -0.39 is 6.10 Å². The highest BCUT2D eigenvalue weighted by Gasteiger charge is 2.19. The number of hydrogen-bond acceptors (Lipinski definition) is 3. The van der Waals surface area contributed by atoms with Gasteiger partial charge in [0, 0.05) is 24.5 Å². The van der Waals surface area contributed by atoms with Crippen molar-refractivity contribution in [1.82, 2.24) is 0 Å². The van der Waals surface area contributed by atoms with Gasteiger partial charge in [0.15, 0.2) is 6.10 Å². The fourth-order valence-corrected chi connectivity index (χ4v) is 3.24. The minimum atomic E-state index is -0.499. The SMILES string of the molecule is CCc1ccc(O[C@H](CC)C(=O)Nc2ccc(N3CCCC3)cc2)cc1. The van der Waals surface area contributed by atoms with Crippen molar-refractivity contribution in [2.24, 2.45) is 0 Å². The minimum Gasteiger partial charge on any atom is -0.481 e. The predicted molar refractivity (Wildman–Crippen MR) is 107 cm³/mol. The molecule has 0 radical (unpaired) electrons. The van der Waals surface area contributed by atoms with Gasteiger partial charge in [-0.25, -0.2) is 0 Å². The Kier molecular flexibility index (Phi) is 6.16. The molecule has 0 spiro atoms. The average Bonchev–Trinajstić information content (AvgIpc) is 3.22. The Hall–Kier alpha value is -2.49. The quantitative estimate of drug-likeness (QED) is 0.789. The van der Waals surface area contributed by atoms with Gasteiger partial charge in [-0.15, -0.1) is 0 Å². The van der Waals surface area contributed by atoms with Crippen molar-refractivity contribution in [1.29, 1.82) is 0 Å². The van der Waals surface area contributed by atoms with E-state index >= 15 is 0 Å². The zero-order valence-electron chi connectivity index (χ0n) is 15.7. The van der Waals surface area contributed by atoms with E-state index in [0.717, 1.165) is 30.9 Å². The lowest BCUT2D eigenvalue weighted by molar-refractivity contribution is -0.122. The summed E-state index contributed by atoms with van der Waals surface area (Å²) in [7, 11) is 0. The first-order valence-corrected chi connectivity index (χ1v) is 9.61. The van der Waals surface area contributed by atoms with Gasteiger partial charge in [-0.1, -0.05) is 26.0 Å². The van der Waals surface area contributed by atoms with E-state index in [2.05, 4.69) is 29.3 Å². The Balaban J connectivity index is 1.59. The second-order valence-corrected chi connectivity index (χ2v) is 6.74. The van der Waals surface area contributed by atoms with Crippen LogP contribution in [0.1, 0.15) is 38.7 Å². The van der Waals surface area contributed by atoms with Crippen LogP contribution in [0, 0.1) is 0 Å². The second-order valence-electron chi connectivity index (χ2n) is 6.74. The number of nitrogens with one attached hydrogen (secondary N) is 1. The van der Waals surface area contributed by atoms with Crippen molar-refractivity contribution >= 4 is 17.3 Å². The molecule has 0 unspecified atom stereocenters. The Morgan fingerprint density at radius 1 is 1.04 bits per heavy atom. The summed E-state index contributed by atoms with van der Waals surface area (Å²) in [6.45, 7) is 6.32. The number of aryl methyl sites for hydroxylation is 1. The molecule has 0 aromatic heterocycles. The lowest BCUT2D eigenvalue weighted by atomic mass is 10.1. The normalized spacial score (nSPS) is 14.9. The van der Waals surface area contributed by atoms with Crippen LogP contribution < -0.4 is 15.0 Å². The molecule has 4 heteroatoms. The smallest absolute Gasteiger partial charge is 0.265 e. The Morgan fingerprint density at radius 2 is 1.69 bits per heavy atom. The molecule has 1 aliphatic heterocycles. The molecule has 1 heterocycles. The van der Waals surface area contributed by atoms with E-state index in [1.807, 2.05) is 43.3 Å². The lowest BCUT2D eigenvalue weighted by Gasteiger charge is -2.19. The van der Waals surface area contributed by atoms with Crippen molar-refractivity contribution in [3.05, 3.63) is 54.1 Å². The Labute approximate surface area is 156 Å². The molecule has 1 saturated heterocycles. The van der Waals surface area contributed by atoms with E-state index in [-0.39, 0.29) is 5.91 Å². The van der Waals surface area contributed by atoms with Crippen LogP contribution in [0.15, 0.2) is 48.5 Å². The number of hydrogen-bond donors (Lipinski definition) is 1. The summed E-state index contributed by atoms with van der Waals surface area (Å²) in [6, 6.07) is 16.0. The van der Waals surface area contributed by atoms with E-state index in [4.69, 9.17) is 4.74 Å². The molecule has 2 aromatic rings. The van der Waals surface area contributed by atoms with E-state index in [1.54, 1.807) is 0 Å². The number of amides is 1. The molecule has 1 N–H and O–H groups in total. The van der Waals surface area contributed by atoms with Gasteiger partial charge in [0.1, 0.15) is 5.75 Å². The number of ether oxygens (including phenoxy) is 1. The molecule has 4 nitrogen and oxygen atoms in total. The molecule has 3 rings (SSSR count). The number of rotatable bonds is 7.